The van der Waals surface area contributed by atoms with Crippen molar-refractivity contribution in [2.45, 2.75) is 20.3 Å². The zero-order chi connectivity index (χ0) is 13.7. The molecule has 0 aliphatic carbocycles. The Morgan fingerprint density at radius 1 is 1.56 bits per heavy atom. The number of nitrogens with zero attached hydrogens (tertiary/aromatic N) is 1. The number of ether oxygens (including phenoxy) is 1. The van der Waals surface area contributed by atoms with Gasteiger partial charge in [-0.15, -0.1) is 0 Å². The third-order valence-corrected chi connectivity index (χ3v) is 3.28. The molecule has 0 radical (unpaired) electrons. The van der Waals surface area contributed by atoms with E-state index in [2.05, 4.69) is 5.32 Å². The summed E-state index contributed by atoms with van der Waals surface area (Å²) in [4.78, 5) is 11.6. The van der Waals surface area contributed by atoms with Crippen molar-refractivity contribution in [1.29, 1.82) is 5.26 Å². The van der Waals surface area contributed by atoms with Gasteiger partial charge in [-0.1, -0.05) is 11.6 Å². The van der Waals surface area contributed by atoms with E-state index in [1.807, 2.05) is 26.0 Å². The van der Waals surface area contributed by atoms with E-state index in [1.54, 1.807) is 7.11 Å². The molecule has 0 aliphatic heterocycles. The first kappa shape index (κ1) is 14.3. The minimum atomic E-state index is -0.224. The summed E-state index contributed by atoms with van der Waals surface area (Å²) in [5.41, 5.74) is 2.50. The summed E-state index contributed by atoms with van der Waals surface area (Å²) in [5, 5.41) is 11.5. The highest BCUT2D eigenvalue weighted by Crippen LogP contribution is 2.31. The molecule has 5 heteroatoms. The van der Waals surface area contributed by atoms with Crippen LogP contribution in [0.15, 0.2) is 6.07 Å². The van der Waals surface area contributed by atoms with Gasteiger partial charge in [-0.2, -0.15) is 5.26 Å². The number of nitriles is 1. The van der Waals surface area contributed by atoms with Crippen LogP contribution in [0.1, 0.15) is 16.7 Å². The number of hydrogen-bond donors (Lipinski definition) is 1. The van der Waals surface area contributed by atoms with Crippen LogP contribution >= 0.6 is 11.6 Å². The fourth-order valence-electron chi connectivity index (χ4n) is 1.72. The summed E-state index contributed by atoms with van der Waals surface area (Å²) < 4.78 is 5.26. The second kappa shape index (κ2) is 6.27. The Morgan fingerprint density at radius 2 is 2.22 bits per heavy atom. The molecule has 0 atom stereocenters. The molecular formula is C13H15ClN2O2. The number of rotatable bonds is 4. The van der Waals surface area contributed by atoms with Crippen LogP contribution in [-0.4, -0.2) is 19.6 Å². The van der Waals surface area contributed by atoms with E-state index in [-0.39, 0.29) is 18.9 Å². The molecule has 1 rings (SSSR count). The van der Waals surface area contributed by atoms with Gasteiger partial charge < -0.3 is 10.1 Å². The monoisotopic (exact) mass is 266 g/mol. The lowest BCUT2D eigenvalue weighted by Gasteiger charge is -2.14. The summed E-state index contributed by atoms with van der Waals surface area (Å²) in [6.07, 6.45) is 0.149. The van der Waals surface area contributed by atoms with Gasteiger partial charge in [-0.3, -0.25) is 4.79 Å². The normalized spacial score (nSPS) is 9.72. The van der Waals surface area contributed by atoms with E-state index in [0.29, 0.717) is 10.8 Å². The highest BCUT2D eigenvalue weighted by molar-refractivity contribution is 6.32. The molecule has 0 bridgehead atoms. The number of halogens is 1. The number of methoxy groups -OCH3 is 1. The van der Waals surface area contributed by atoms with Crippen LogP contribution < -0.4 is 10.1 Å². The molecule has 0 fully saturated rings. The second-order valence-corrected chi connectivity index (χ2v) is 4.30. The van der Waals surface area contributed by atoms with Crippen LogP contribution in [0.5, 0.6) is 5.75 Å². The Bertz CT molecular complexity index is 507. The first-order chi connectivity index (χ1) is 8.51. The van der Waals surface area contributed by atoms with E-state index < -0.39 is 0 Å². The topological polar surface area (TPSA) is 62.1 Å². The quantitative estimate of drug-likeness (QED) is 0.850. The number of hydrogen-bond acceptors (Lipinski definition) is 3. The van der Waals surface area contributed by atoms with Gasteiger partial charge in [-0.05, 0) is 31.0 Å². The van der Waals surface area contributed by atoms with Crippen molar-refractivity contribution in [3.05, 3.63) is 27.8 Å². The van der Waals surface area contributed by atoms with Crippen LogP contribution in [0, 0.1) is 25.2 Å². The Labute approximate surface area is 112 Å². The van der Waals surface area contributed by atoms with Crippen LogP contribution in [0.2, 0.25) is 5.02 Å². The number of nitrogens with one attached hydrogen (secondary N) is 1. The summed E-state index contributed by atoms with van der Waals surface area (Å²) in [6.45, 7) is 3.74. The maximum absolute atomic E-state index is 11.6. The summed E-state index contributed by atoms with van der Waals surface area (Å²) in [7, 11) is 1.55. The van der Waals surface area contributed by atoms with Gasteiger partial charge in [0.15, 0.2) is 0 Å². The number of aryl methyl sites for hydroxylation is 1. The molecule has 4 nitrogen and oxygen atoms in total. The van der Waals surface area contributed by atoms with Crippen molar-refractivity contribution in [3.8, 4) is 11.8 Å². The third kappa shape index (κ3) is 3.14. The first-order valence-electron chi connectivity index (χ1n) is 5.47. The SMILES string of the molecule is COc1cc(C)c(Cl)c(C)c1CC(=O)NCC#N. The Hall–Kier alpha value is -1.73. The maximum atomic E-state index is 11.6. The fourth-order valence-corrected chi connectivity index (χ4v) is 1.89. The predicted octanol–water partition coefficient (Wildman–Crippen LogP) is 2.15. The standard InChI is InChI=1S/C13H15ClN2O2/c1-8-6-11(18-3)10(9(2)13(8)14)7-12(17)16-5-4-15/h6H,5,7H2,1-3H3,(H,16,17). The van der Waals surface area contributed by atoms with Crippen molar-refractivity contribution in [2.24, 2.45) is 0 Å². The molecule has 0 aliphatic rings. The Balaban J connectivity index is 3.04. The van der Waals surface area contributed by atoms with E-state index in [1.165, 1.54) is 0 Å². The molecule has 18 heavy (non-hydrogen) atoms. The van der Waals surface area contributed by atoms with Crippen molar-refractivity contribution in [3.63, 3.8) is 0 Å². The maximum Gasteiger partial charge on any atom is 0.225 e. The molecule has 0 heterocycles. The van der Waals surface area contributed by atoms with Gasteiger partial charge >= 0.3 is 0 Å². The average molecular weight is 267 g/mol. The lowest BCUT2D eigenvalue weighted by atomic mass is 10.0. The molecule has 1 aromatic carbocycles. The van der Waals surface area contributed by atoms with E-state index in [0.717, 1.165) is 16.7 Å². The average Bonchev–Trinajstić information content (AvgIpc) is 2.36. The molecular weight excluding hydrogens is 252 g/mol. The molecule has 0 saturated heterocycles. The van der Waals surface area contributed by atoms with Gasteiger partial charge in [0.05, 0.1) is 19.6 Å². The van der Waals surface area contributed by atoms with Crippen molar-refractivity contribution in [1.82, 2.24) is 5.32 Å². The van der Waals surface area contributed by atoms with Crippen molar-refractivity contribution in [2.75, 3.05) is 13.7 Å². The molecule has 0 saturated carbocycles. The summed E-state index contributed by atoms with van der Waals surface area (Å²) >= 11 is 6.16. The summed E-state index contributed by atoms with van der Waals surface area (Å²) in [5.74, 6) is 0.416. The second-order valence-electron chi connectivity index (χ2n) is 3.92. The van der Waals surface area contributed by atoms with Crippen LogP contribution in [0.3, 0.4) is 0 Å². The number of carbonyl (C=O) groups is 1. The van der Waals surface area contributed by atoms with Gasteiger partial charge in [0, 0.05) is 10.6 Å². The molecule has 0 aromatic heterocycles. The molecule has 0 unspecified atom stereocenters. The van der Waals surface area contributed by atoms with Crippen LogP contribution in [-0.2, 0) is 11.2 Å². The predicted molar refractivity (Wildman–Crippen MR) is 69.8 cm³/mol. The smallest absolute Gasteiger partial charge is 0.225 e. The number of benzene rings is 1. The lowest BCUT2D eigenvalue weighted by Crippen LogP contribution is -2.25. The lowest BCUT2D eigenvalue weighted by molar-refractivity contribution is -0.120. The van der Waals surface area contributed by atoms with Gasteiger partial charge in [0.25, 0.3) is 0 Å². The minimum absolute atomic E-state index is 0.000208. The van der Waals surface area contributed by atoms with Gasteiger partial charge in [0.1, 0.15) is 12.3 Å². The van der Waals surface area contributed by atoms with Crippen LogP contribution in [0.25, 0.3) is 0 Å². The zero-order valence-electron chi connectivity index (χ0n) is 10.6. The zero-order valence-corrected chi connectivity index (χ0v) is 11.4. The van der Waals surface area contributed by atoms with Gasteiger partial charge in [0.2, 0.25) is 5.91 Å². The number of amides is 1. The van der Waals surface area contributed by atoms with E-state index in [9.17, 15) is 4.79 Å². The van der Waals surface area contributed by atoms with Crippen molar-refractivity contribution >= 4 is 17.5 Å². The van der Waals surface area contributed by atoms with Crippen molar-refractivity contribution < 1.29 is 9.53 Å². The molecule has 1 aromatic rings. The van der Waals surface area contributed by atoms with Gasteiger partial charge in [-0.25, -0.2) is 0 Å². The molecule has 1 amide bonds. The first-order valence-corrected chi connectivity index (χ1v) is 5.85. The molecule has 1 N–H and O–H groups in total. The largest absolute Gasteiger partial charge is 0.496 e. The fraction of sp³-hybridized carbons (Fsp3) is 0.385. The highest BCUT2D eigenvalue weighted by Gasteiger charge is 2.15. The Morgan fingerprint density at radius 3 is 2.78 bits per heavy atom. The molecule has 96 valence electrons. The highest BCUT2D eigenvalue weighted by atomic mass is 35.5. The minimum Gasteiger partial charge on any atom is -0.496 e. The number of carbonyl (C=O) groups excluding carboxylic acids is 1. The van der Waals surface area contributed by atoms with E-state index >= 15 is 0 Å². The molecule has 0 spiro atoms. The third-order valence-electron chi connectivity index (χ3n) is 2.70. The van der Waals surface area contributed by atoms with E-state index in [4.69, 9.17) is 21.6 Å². The Kier molecular flexibility index (Phi) is 4.99. The van der Waals surface area contributed by atoms with Crippen LogP contribution in [0.4, 0.5) is 0 Å². The summed E-state index contributed by atoms with van der Waals surface area (Å²) in [6, 6.07) is 3.67.